The highest BCUT2D eigenvalue weighted by molar-refractivity contribution is 6.33. The molecule has 1 fully saturated rings. The molecule has 6 heterocycles. The molecule has 11 heteroatoms. The van der Waals surface area contributed by atoms with E-state index in [4.69, 9.17) is 25.7 Å². The van der Waals surface area contributed by atoms with Crippen molar-refractivity contribution in [3.05, 3.63) is 46.4 Å². The van der Waals surface area contributed by atoms with Crippen LogP contribution in [-0.2, 0) is 18.8 Å². The Kier molecular flexibility index (Phi) is 5.23. The smallest absolute Gasteiger partial charge is 0.349 e. The van der Waals surface area contributed by atoms with Gasteiger partial charge in [-0.3, -0.25) is 13.9 Å². The topological polar surface area (TPSA) is 106 Å². The van der Waals surface area contributed by atoms with Crippen molar-refractivity contribution in [3.8, 4) is 22.5 Å². The Balaban J connectivity index is 1.68. The highest BCUT2D eigenvalue weighted by Crippen LogP contribution is 2.39. The number of aryl methyl sites for hydroxylation is 2. The lowest BCUT2D eigenvalue weighted by Crippen LogP contribution is -2.34. The van der Waals surface area contributed by atoms with Gasteiger partial charge in [-0.2, -0.15) is 15.2 Å². The summed E-state index contributed by atoms with van der Waals surface area (Å²) < 4.78 is 17.3. The first kappa shape index (κ1) is 22.0. The Bertz CT molecular complexity index is 1630. The third-order valence-corrected chi connectivity index (χ3v) is 6.87. The zero-order valence-electron chi connectivity index (χ0n) is 19.6. The fraction of sp³-hybridized carbons (Fsp3) is 0.375. The number of furan rings is 1. The lowest BCUT2D eigenvalue weighted by Gasteiger charge is -2.30. The number of ether oxygens (including phenoxy) is 1. The minimum atomic E-state index is -0.347. The standard InChI is InChI=1S/C24H24ClN7O3/c1-4-16-7-15(5-6-34-16)32-22-21-18(8-17(25)19(28-21)13-9-26-30(2)11-13)35-23(22)20(29-24(32)33)14-10-27-31(3)12-14/h8-12,15-16H,4-7H2,1-3H3. The van der Waals surface area contributed by atoms with Crippen LogP contribution in [0.5, 0.6) is 0 Å². The van der Waals surface area contributed by atoms with E-state index in [1.807, 2.05) is 26.5 Å². The summed E-state index contributed by atoms with van der Waals surface area (Å²) >= 11 is 6.62. The van der Waals surface area contributed by atoms with Crippen LogP contribution in [0.1, 0.15) is 32.2 Å². The Morgan fingerprint density at radius 2 is 1.80 bits per heavy atom. The molecule has 1 aliphatic rings. The van der Waals surface area contributed by atoms with Crippen LogP contribution < -0.4 is 5.69 Å². The summed E-state index contributed by atoms with van der Waals surface area (Å²) in [5.41, 5.74) is 4.29. The fourth-order valence-electron chi connectivity index (χ4n) is 4.87. The average Bonchev–Trinajstić information content (AvgIpc) is 3.56. The van der Waals surface area contributed by atoms with E-state index < -0.39 is 0 Å². The number of fused-ring (bicyclic) bond motifs is 3. The van der Waals surface area contributed by atoms with Gasteiger partial charge in [0.15, 0.2) is 11.2 Å². The zero-order chi connectivity index (χ0) is 24.3. The van der Waals surface area contributed by atoms with Crippen molar-refractivity contribution in [1.29, 1.82) is 0 Å². The minimum Gasteiger partial charge on any atom is -0.450 e. The summed E-state index contributed by atoms with van der Waals surface area (Å²) in [4.78, 5) is 22.9. The van der Waals surface area contributed by atoms with Crippen molar-refractivity contribution in [2.24, 2.45) is 14.1 Å². The first-order valence-electron chi connectivity index (χ1n) is 11.6. The average molecular weight is 494 g/mol. The van der Waals surface area contributed by atoms with Gasteiger partial charge in [-0.25, -0.2) is 9.78 Å². The van der Waals surface area contributed by atoms with Crippen LogP contribution in [0, 0.1) is 0 Å². The molecule has 1 saturated heterocycles. The van der Waals surface area contributed by atoms with Gasteiger partial charge in [0.2, 0.25) is 0 Å². The quantitative estimate of drug-likeness (QED) is 0.370. The molecule has 0 N–H and O–H groups in total. The molecule has 6 rings (SSSR count). The van der Waals surface area contributed by atoms with Gasteiger partial charge in [0.1, 0.15) is 16.7 Å². The zero-order valence-corrected chi connectivity index (χ0v) is 20.4. The molecule has 5 aromatic rings. The number of hydrogen-bond donors (Lipinski definition) is 0. The summed E-state index contributed by atoms with van der Waals surface area (Å²) in [5, 5.41) is 8.94. The molecular weight excluding hydrogens is 470 g/mol. The molecule has 0 amide bonds. The van der Waals surface area contributed by atoms with Crippen LogP contribution in [0.15, 0.2) is 40.1 Å². The number of aromatic nitrogens is 7. The molecule has 0 spiro atoms. The van der Waals surface area contributed by atoms with E-state index in [9.17, 15) is 4.79 Å². The maximum Gasteiger partial charge on any atom is 0.349 e. The number of rotatable bonds is 4. The SMILES string of the molecule is CCC1CC(n2c(=O)nc(-c3cnn(C)c3)c3oc4cc(Cl)c(-c5cnn(C)c5)nc4c32)CCO1. The highest BCUT2D eigenvalue weighted by atomic mass is 35.5. The van der Waals surface area contributed by atoms with Gasteiger partial charge in [-0.15, -0.1) is 0 Å². The molecular formula is C24H24ClN7O3. The monoisotopic (exact) mass is 493 g/mol. The number of hydrogen-bond acceptors (Lipinski definition) is 7. The Morgan fingerprint density at radius 1 is 1.09 bits per heavy atom. The molecule has 180 valence electrons. The predicted octanol–water partition coefficient (Wildman–Crippen LogP) is 4.12. The summed E-state index contributed by atoms with van der Waals surface area (Å²) in [5.74, 6) is 0. The lowest BCUT2D eigenvalue weighted by atomic mass is 10.0. The third kappa shape index (κ3) is 3.64. The number of nitrogens with zero attached hydrogens (tertiary/aromatic N) is 7. The van der Waals surface area contributed by atoms with Gasteiger partial charge in [0, 0.05) is 56.3 Å². The maximum atomic E-state index is 13.6. The van der Waals surface area contributed by atoms with Gasteiger partial charge in [-0.1, -0.05) is 18.5 Å². The first-order valence-corrected chi connectivity index (χ1v) is 12.0. The predicted molar refractivity (Wildman–Crippen MR) is 131 cm³/mol. The van der Waals surface area contributed by atoms with Crippen molar-refractivity contribution in [1.82, 2.24) is 34.1 Å². The molecule has 0 radical (unpaired) electrons. The molecule has 35 heavy (non-hydrogen) atoms. The van der Waals surface area contributed by atoms with Crippen LogP contribution in [0.25, 0.3) is 44.7 Å². The molecule has 2 unspecified atom stereocenters. The van der Waals surface area contributed by atoms with E-state index in [2.05, 4.69) is 22.1 Å². The molecule has 0 aromatic carbocycles. The Hall–Kier alpha value is -3.50. The first-order chi connectivity index (χ1) is 16.9. The van der Waals surface area contributed by atoms with Gasteiger partial charge in [-0.05, 0) is 19.3 Å². The Labute approximate surface area is 205 Å². The second-order valence-electron chi connectivity index (χ2n) is 8.94. The third-order valence-electron chi connectivity index (χ3n) is 6.58. The maximum absolute atomic E-state index is 13.6. The lowest BCUT2D eigenvalue weighted by molar-refractivity contribution is -0.00710. The number of pyridine rings is 1. The minimum absolute atomic E-state index is 0.0835. The normalized spacial score (nSPS) is 18.6. The molecule has 0 bridgehead atoms. The fourth-order valence-corrected chi connectivity index (χ4v) is 5.12. The van der Waals surface area contributed by atoms with Crippen molar-refractivity contribution >= 4 is 33.8 Å². The van der Waals surface area contributed by atoms with E-state index >= 15 is 0 Å². The summed E-state index contributed by atoms with van der Waals surface area (Å²) in [6.45, 7) is 2.67. The van der Waals surface area contributed by atoms with Gasteiger partial charge < -0.3 is 9.15 Å². The van der Waals surface area contributed by atoms with Gasteiger partial charge >= 0.3 is 5.69 Å². The van der Waals surface area contributed by atoms with Crippen LogP contribution in [0.4, 0.5) is 0 Å². The van der Waals surface area contributed by atoms with E-state index in [-0.39, 0.29) is 17.8 Å². The van der Waals surface area contributed by atoms with Crippen LogP contribution in [-0.4, -0.2) is 46.8 Å². The molecule has 5 aromatic heterocycles. The van der Waals surface area contributed by atoms with E-state index in [0.717, 1.165) is 18.4 Å². The molecule has 0 saturated carbocycles. The molecule has 2 atom stereocenters. The highest BCUT2D eigenvalue weighted by Gasteiger charge is 2.29. The van der Waals surface area contributed by atoms with Gasteiger partial charge in [0.05, 0.1) is 29.2 Å². The molecule has 1 aliphatic heterocycles. The van der Waals surface area contributed by atoms with Crippen molar-refractivity contribution in [2.75, 3.05) is 6.61 Å². The summed E-state index contributed by atoms with van der Waals surface area (Å²) in [6, 6.07) is 1.66. The van der Waals surface area contributed by atoms with Crippen molar-refractivity contribution in [3.63, 3.8) is 0 Å². The van der Waals surface area contributed by atoms with E-state index in [0.29, 0.717) is 57.2 Å². The van der Waals surface area contributed by atoms with Crippen LogP contribution >= 0.6 is 11.6 Å². The summed E-state index contributed by atoms with van der Waals surface area (Å²) in [7, 11) is 3.65. The summed E-state index contributed by atoms with van der Waals surface area (Å²) in [6.07, 6.45) is 9.42. The molecule has 10 nitrogen and oxygen atoms in total. The van der Waals surface area contributed by atoms with Crippen molar-refractivity contribution in [2.45, 2.75) is 38.3 Å². The Morgan fingerprint density at radius 3 is 2.46 bits per heavy atom. The van der Waals surface area contributed by atoms with Crippen molar-refractivity contribution < 1.29 is 9.15 Å². The number of halogens is 1. The van der Waals surface area contributed by atoms with Crippen LogP contribution in [0.3, 0.4) is 0 Å². The van der Waals surface area contributed by atoms with Gasteiger partial charge in [0.25, 0.3) is 0 Å². The van der Waals surface area contributed by atoms with E-state index in [1.54, 1.807) is 32.4 Å². The second kappa shape index (κ2) is 8.31. The largest absolute Gasteiger partial charge is 0.450 e. The second-order valence-corrected chi connectivity index (χ2v) is 9.35. The van der Waals surface area contributed by atoms with Crippen LogP contribution in [0.2, 0.25) is 5.02 Å². The van der Waals surface area contributed by atoms with E-state index in [1.165, 1.54) is 0 Å². The molecule has 0 aliphatic carbocycles.